The SMILES string of the molecule is NCC1CCCC1NC(=O)C1CCCN1C(=O)c1cc(Cl)cc(Cl)c1. The number of carbonyl (C=O) groups excluding carboxylic acids is 2. The maximum absolute atomic E-state index is 12.8. The van der Waals surface area contributed by atoms with E-state index in [1.165, 1.54) is 0 Å². The molecule has 1 aromatic carbocycles. The lowest BCUT2D eigenvalue weighted by Crippen LogP contribution is -2.50. The molecule has 1 aliphatic heterocycles. The highest BCUT2D eigenvalue weighted by Crippen LogP contribution is 2.27. The molecule has 5 nitrogen and oxygen atoms in total. The molecular weight excluding hydrogens is 361 g/mol. The molecule has 136 valence electrons. The largest absolute Gasteiger partial charge is 0.351 e. The summed E-state index contributed by atoms with van der Waals surface area (Å²) in [6, 6.07) is 4.44. The van der Waals surface area contributed by atoms with E-state index in [0.717, 1.165) is 25.7 Å². The summed E-state index contributed by atoms with van der Waals surface area (Å²) < 4.78 is 0. The summed E-state index contributed by atoms with van der Waals surface area (Å²) in [5.41, 5.74) is 6.21. The lowest BCUT2D eigenvalue weighted by atomic mass is 10.0. The second kappa shape index (κ2) is 7.94. The Kier molecular flexibility index (Phi) is 5.87. The van der Waals surface area contributed by atoms with Crippen LogP contribution < -0.4 is 11.1 Å². The molecule has 3 N–H and O–H groups in total. The van der Waals surface area contributed by atoms with Crippen molar-refractivity contribution in [2.75, 3.05) is 13.1 Å². The third-order valence-electron chi connectivity index (χ3n) is 5.22. The molecule has 0 aromatic heterocycles. The summed E-state index contributed by atoms with van der Waals surface area (Å²) in [5.74, 6) is 0.0504. The maximum Gasteiger partial charge on any atom is 0.254 e. The molecule has 3 rings (SSSR count). The summed E-state index contributed by atoms with van der Waals surface area (Å²) in [7, 11) is 0. The standard InChI is InChI=1S/C18H23Cl2N3O2/c19-13-7-12(8-14(20)9-13)18(25)23-6-2-5-16(23)17(24)22-15-4-1-3-11(15)10-21/h7-9,11,15-16H,1-6,10,21H2,(H,22,24). The normalized spacial score (nSPS) is 26.0. The Balaban J connectivity index is 1.71. The highest BCUT2D eigenvalue weighted by molar-refractivity contribution is 6.35. The first-order valence-electron chi connectivity index (χ1n) is 8.77. The van der Waals surface area contributed by atoms with Crippen molar-refractivity contribution in [3.8, 4) is 0 Å². The third kappa shape index (κ3) is 4.10. The molecule has 1 aliphatic carbocycles. The van der Waals surface area contributed by atoms with Crippen molar-refractivity contribution >= 4 is 35.0 Å². The first-order valence-corrected chi connectivity index (χ1v) is 9.52. The van der Waals surface area contributed by atoms with Crippen molar-refractivity contribution in [2.24, 2.45) is 11.7 Å². The van der Waals surface area contributed by atoms with E-state index in [1.807, 2.05) is 0 Å². The Bertz CT molecular complexity index is 647. The first-order chi connectivity index (χ1) is 12.0. The lowest BCUT2D eigenvalue weighted by Gasteiger charge is -2.27. The minimum absolute atomic E-state index is 0.0793. The van der Waals surface area contributed by atoms with Crippen LogP contribution in [0.5, 0.6) is 0 Å². The number of nitrogens with zero attached hydrogens (tertiary/aromatic N) is 1. The molecule has 25 heavy (non-hydrogen) atoms. The second-order valence-electron chi connectivity index (χ2n) is 6.86. The number of hydrogen-bond donors (Lipinski definition) is 2. The molecule has 1 heterocycles. The average molecular weight is 384 g/mol. The molecule has 2 fully saturated rings. The van der Waals surface area contributed by atoms with E-state index < -0.39 is 6.04 Å². The molecule has 0 radical (unpaired) electrons. The van der Waals surface area contributed by atoms with E-state index in [1.54, 1.807) is 23.1 Å². The van der Waals surface area contributed by atoms with Gasteiger partial charge < -0.3 is 16.0 Å². The fraction of sp³-hybridized carbons (Fsp3) is 0.556. The van der Waals surface area contributed by atoms with Gasteiger partial charge in [0.15, 0.2) is 0 Å². The molecule has 2 aliphatic rings. The molecule has 0 bridgehead atoms. The average Bonchev–Trinajstić information content (AvgIpc) is 3.21. The van der Waals surface area contributed by atoms with Crippen molar-refractivity contribution in [3.63, 3.8) is 0 Å². The van der Waals surface area contributed by atoms with Crippen LogP contribution in [0.4, 0.5) is 0 Å². The quantitative estimate of drug-likeness (QED) is 0.838. The van der Waals surface area contributed by atoms with Crippen LogP contribution >= 0.6 is 23.2 Å². The molecule has 1 aromatic rings. The summed E-state index contributed by atoms with van der Waals surface area (Å²) in [4.78, 5) is 27.2. The Morgan fingerprint density at radius 1 is 1.12 bits per heavy atom. The van der Waals surface area contributed by atoms with Crippen molar-refractivity contribution in [1.29, 1.82) is 0 Å². The fourth-order valence-electron chi connectivity index (χ4n) is 3.91. The van der Waals surface area contributed by atoms with Gasteiger partial charge in [0.25, 0.3) is 5.91 Å². The van der Waals surface area contributed by atoms with Gasteiger partial charge in [0, 0.05) is 28.2 Å². The number of hydrogen-bond acceptors (Lipinski definition) is 3. The second-order valence-corrected chi connectivity index (χ2v) is 7.73. The van der Waals surface area contributed by atoms with Crippen molar-refractivity contribution in [3.05, 3.63) is 33.8 Å². The maximum atomic E-state index is 12.8. The van der Waals surface area contributed by atoms with Crippen LogP contribution in [0.15, 0.2) is 18.2 Å². The zero-order valence-corrected chi connectivity index (χ0v) is 15.5. The van der Waals surface area contributed by atoms with E-state index >= 15 is 0 Å². The van der Waals surface area contributed by atoms with Gasteiger partial charge in [0.05, 0.1) is 0 Å². The van der Waals surface area contributed by atoms with Crippen LogP contribution in [0.1, 0.15) is 42.5 Å². The molecule has 0 spiro atoms. The topological polar surface area (TPSA) is 75.4 Å². The molecule has 1 saturated carbocycles. The zero-order valence-electron chi connectivity index (χ0n) is 14.0. The smallest absolute Gasteiger partial charge is 0.254 e. The molecule has 1 saturated heterocycles. The Labute approximate surface area is 157 Å². The van der Waals surface area contributed by atoms with Crippen molar-refractivity contribution in [1.82, 2.24) is 10.2 Å². The summed E-state index contributed by atoms with van der Waals surface area (Å²) in [5, 5.41) is 3.94. The zero-order chi connectivity index (χ0) is 18.0. The van der Waals surface area contributed by atoms with Crippen LogP contribution in [-0.4, -0.2) is 41.9 Å². The van der Waals surface area contributed by atoms with E-state index in [0.29, 0.717) is 41.0 Å². The molecule has 2 amide bonds. The van der Waals surface area contributed by atoms with Gasteiger partial charge in [0.2, 0.25) is 5.91 Å². The minimum atomic E-state index is -0.440. The van der Waals surface area contributed by atoms with E-state index in [2.05, 4.69) is 5.32 Å². The predicted molar refractivity (Wildman–Crippen MR) is 98.8 cm³/mol. The van der Waals surface area contributed by atoms with E-state index in [9.17, 15) is 9.59 Å². The molecule has 7 heteroatoms. The van der Waals surface area contributed by atoms with E-state index in [4.69, 9.17) is 28.9 Å². The number of halogens is 2. The van der Waals surface area contributed by atoms with Gasteiger partial charge in [-0.15, -0.1) is 0 Å². The van der Waals surface area contributed by atoms with Crippen LogP contribution in [0.2, 0.25) is 10.0 Å². The first kappa shape index (κ1) is 18.5. The monoisotopic (exact) mass is 383 g/mol. The van der Waals surface area contributed by atoms with Gasteiger partial charge in [-0.05, 0) is 56.3 Å². The van der Waals surface area contributed by atoms with E-state index in [-0.39, 0.29) is 17.9 Å². The predicted octanol–water partition coefficient (Wildman–Crippen LogP) is 2.84. The Morgan fingerprint density at radius 3 is 2.52 bits per heavy atom. The Hall–Kier alpha value is -1.30. The van der Waals surface area contributed by atoms with Gasteiger partial charge in [0.1, 0.15) is 6.04 Å². The third-order valence-corrected chi connectivity index (χ3v) is 5.65. The van der Waals surface area contributed by atoms with Crippen LogP contribution in [-0.2, 0) is 4.79 Å². The molecular formula is C18H23Cl2N3O2. The number of nitrogens with two attached hydrogens (primary N) is 1. The van der Waals surface area contributed by atoms with Crippen molar-refractivity contribution in [2.45, 2.75) is 44.2 Å². The fourth-order valence-corrected chi connectivity index (χ4v) is 4.44. The number of nitrogens with one attached hydrogen (secondary N) is 1. The van der Waals surface area contributed by atoms with Gasteiger partial charge in [-0.1, -0.05) is 29.6 Å². The summed E-state index contributed by atoms with van der Waals surface area (Å²) in [6.45, 7) is 1.14. The van der Waals surface area contributed by atoms with Gasteiger partial charge in [-0.3, -0.25) is 9.59 Å². The number of carbonyl (C=O) groups is 2. The van der Waals surface area contributed by atoms with Gasteiger partial charge in [-0.2, -0.15) is 0 Å². The number of rotatable bonds is 4. The lowest BCUT2D eigenvalue weighted by molar-refractivity contribution is -0.125. The van der Waals surface area contributed by atoms with Crippen LogP contribution in [0, 0.1) is 5.92 Å². The summed E-state index contributed by atoms with van der Waals surface area (Å²) >= 11 is 12.0. The van der Waals surface area contributed by atoms with Crippen LogP contribution in [0.25, 0.3) is 0 Å². The number of benzene rings is 1. The Morgan fingerprint density at radius 2 is 1.84 bits per heavy atom. The van der Waals surface area contributed by atoms with Crippen molar-refractivity contribution < 1.29 is 9.59 Å². The number of amides is 2. The molecule has 3 atom stereocenters. The summed E-state index contributed by atoms with van der Waals surface area (Å²) in [6.07, 6.45) is 4.57. The highest BCUT2D eigenvalue weighted by atomic mass is 35.5. The number of likely N-dealkylation sites (tertiary alicyclic amines) is 1. The van der Waals surface area contributed by atoms with Crippen LogP contribution in [0.3, 0.4) is 0 Å². The minimum Gasteiger partial charge on any atom is -0.351 e. The van der Waals surface area contributed by atoms with Gasteiger partial charge >= 0.3 is 0 Å². The molecule has 3 unspecified atom stereocenters. The highest BCUT2D eigenvalue weighted by Gasteiger charge is 2.37. The van der Waals surface area contributed by atoms with Gasteiger partial charge in [-0.25, -0.2) is 0 Å².